The van der Waals surface area contributed by atoms with Crippen molar-refractivity contribution in [3.05, 3.63) is 40.1 Å². The monoisotopic (exact) mass is 326 g/mol. The van der Waals surface area contributed by atoms with Crippen molar-refractivity contribution in [2.24, 2.45) is 5.84 Å². The summed E-state index contributed by atoms with van der Waals surface area (Å²) >= 11 is 12.0. The van der Waals surface area contributed by atoms with Crippen LogP contribution in [0.4, 0.5) is 5.82 Å². The van der Waals surface area contributed by atoms with Gasteiger partial charge in [0, 0.05) is 16.5 Å². The number of hydrogen-bond donors (Lipinski definition) is 2. The first-order chi connectivity index (χ1) is 9.79. The zero-order chi connectivity index (χ0) is 15.6. The van der Waals surface area contributed by atoms with Gasteiger partial charge in [0.15, 0.2) is 0 Å². The van der Waals surface area contributed by atoms with Crippen molar-refractivity contribution >= 4 is 29.0 Å². The average molecular weight is 327 g/mol. The molecule has 0 fully saturated rings. The molecular weight excluding hydrogens is 311 g/mol. The molecule has 1 aromatic carbocycles. The summed E-state index contributed by atoms with van der Waals surface area (Å²) in [5, 5.41) is 0.940. The van der Waals surface area contributed by atoms with Crippen LogP contribution < -0.4 is 16.0 Å². The number of rotatable bonds is 3. The second-order valence-electron chi connectivity index (χ2n) is 5.49. The molecule has 0 radical (unpaired) electrons. The Morgan fingerprint density at radius 1 is 1.14 bits per heavy atom. The Hall–Kier alpha value is -1.56. The summed E-state index contributed by atoms with van der Waals surface area (Å²) < 4.78 is 5.71. The highest BCUT2D eigenvalue weighted by Gasteiger charge is 2.20. The number of nitrogen functional groups attached to an aromatic ring is 1. The highest BCUT2D eigenvalue weighted by atomic mass is 35.5. The van der Waals surface area contributed by atoms with E-state index in [1.807, 2.05) is 20.8 Å². The summed E-state index contributed by atoms with van der Waals surface area (Å²) in [7, 11) is 0. The number of nitrogens with two attached hydrogens (primary N) is 1. The fourth-order valence-corrected chi connectivity index (χ4v) is 2.00. The van der Waals surface area contributed by atoms with Gasteiger partial charge >= 0.3 is 0 Å². The van der Waals surface area contributed by atoms with Crippen LogP contribution in [0.3, 0.4) is 0 Å². The summed E-state index contributed by atoms with van der Waals surface area (Å²) in [6.45, 7) is 6.00. The molecule has 3 N–H and O–H groups in total. The minimum absolute atomic E-state index is 0.241. The third-order valence-electron chi connectivity index (χ3n) is 2.63. The van der Waals surface area contributed by atoms with Crippen molar-refractivity contribution < 1.29 is 4.74 Å². The molecule has 0 atom stereocenters. The lowest BCUT2D eigenvalue weighted by Gasteiger charge is -2.18. The fourth-order valence-electron chi connectivity index (χ4n) is 1.56. The first kappa shape index (κ1) is 15.8. The predicted molar refractivity (Wildman–Crippen MR) is 85.1 cm³/mol. The number of halogens is 2. The van der Waals surface area contributed by atoms with Crippen molar-refractivity contribution in [2.45, 2.75) is 26.2 Å². The molecule has 7 heteroatoms. The summed E-state index contributed by atoms with van der Waals surface area (Å²) in [6, 6.07) is 6.57. The van der Waals surface area contributed by atoms with E-state index in [0.717, 1.165) is 0 Å². The molecule has 0 bridgehead atoms. The zero-order valence-electron chi connectivity index (χ0n) is 11.9. The molecule has 0 unspecified atom stereocenters. The Labute approximate surface area is 133 Å². The maximum absolute atomic E-state index is 6.09. The molecule has 2 aromatic rings. The molecule has 112 valence electrons. The van der Waals surface area contributed by atoms with Crippen LogP contribution in [0, 0.1) is 0 Å². The molecule has 21 heavy (non-hydrogen) atoms. The van der Waals surface area contributed by atoms with Gasteiger partial charge in [-0.1, -0.05) is 44.0 Å². The van der Waals surface area contributed by atoms with E-state index in [0.29, 0.717) is 33.3 Å². The maximum Gasteiger partial charge on any atom is 0.224 e. The van der Waals surface area contributed by atoms with Gasteiger partial charge in [-0.2, -0.15) is 4.98 Å². The average Bonchev–Trinajstić information content (AvgIpc) is 2.40. The highest BCUT2D eigenvalue weighted by molar-refractivity contribution is 6.35. The maximum atomic E-state index is 6.09. The van der Waals surface area contributed by atoms with Gasteiger partial charge in [-0.25, -0.2) is 10.8 Å². The number of benzene rings is 1. The van der Waals surface area contributed by atoms with Crippen LogP contribution >= 0.6 is 23.2 Å². The second kappa shape index (κ2) is 6.05. The first-order valence-corrected chi connectivity index (χ1v) is 7.04. The largest absolute Gasteiger partial charge is 0.437 e. The van der Waals surface area contributed by atoms with Crippen LogP contribution in [0.15, 0.2) is 24.3 Å². The Morgan fingerprint density at radius 3 is 2.43 bits per heavy atom. The van der Waals surface area contributed by atoms with E-state index in [1.54, 1.807) is 24.3 Å². The lowest BCUT2D eigenvalue weighted by atomic mass is 9.96. The lowest BCUT2D eigenvalue weighted by Crippen LogP contribution is -2.19. The number of hydrazine groups is 1. The predicted octanol–water partition coefficient (Wildman–Crippen LogP) is 4.16. The Balaban J connectivity index is 2.39. The van der Waals surface area contributed by atoms with Crippen LogP contribution in [0.2, 0.25) is 10.0 Å². The zero-order valence-corrected chi connectivity index (χ0v) is 13.5. The molecule has 2 rings (SSSR count). The van der Waals surface area contributed by atoms with E-state index < -0.39 is 0 Å². The highest BCUT2D eigenvalue weighted by Crippen LogP contribution is 2.32. The number of nitrogens with zero attached hydrogens (tertiary/aromatic N) is 2. The molecule has 0 saturated heterocycles. The Kier molecular flexibility index (Phi) is 4.56. The second-order valence-corrected chi connectivity index (χ2v) is 6.33. The van der Waals surface area contributed by atoms with Crippen molar-refractivity contribution in [1.82, 2.24) is 9.97 Å². The quantitative estimate of drug-likeness (QED) is 0.654. The van der Waals surface area contributed by atoms with Gasteiger partial charge in [0.2, 0.25) is 5.88 Å². The van der Waals surface area contributed by atoms with Crippen LogP contribution in [0.5, 0.6) is 11.6 Å². The summed E-state index contributed by atoms with van der Waals surface area (Å²) in [5.74, 6) is 7.33. The number of ether oxygens (including phenoxy) is 1. The van der Waals surface area contributed by atoms with Gasteiger partial charge in [0.25, 0.3) is 0 Å². The van der Waals surface area contributed by atoms with E-state index in [4.69, 9.17) is 33.8 Å². The smallest absolute Gasteiger partial charge is 0.224 e. The van der Waals surface area contributed by atoms with Gasteiger partial charge < -0.3 is 10.2 Å². The van der Waals surface area contributed by atoms with Crippen molar-refractivity contribution in [2.75, 3.05) is 5.43 Å². The molecular formula is C14H16Cl2N4O. The van der Waals surface area contributed by atoms with Crippen molar-refractivity contribution in [3.8, 4) is 11.6 Å². The topological polar surface area (TPSA) is 73.1 Å². The molecule has 1 aromatic heterocycles. The van der Waals surface area contributed by atoms with Crippen LogP contribution in [0.1, 0.15) is 26.6 Å². The van der Waals surface area contributed by atoms with Crippen molar-refractivity contribution in [3.63, 3.8) is 0 Å². The molecule has 0 aliphatic carbocycles. The third-order valence-corrected chi connectivity index (χ3v) is 3.16. The van der Waals surface area contributed by atoms with Crippen LogP contribution in [-0.4, -0.2) is 9.97 Å². The number of aromatic nitrogens is 2. The van der Waals surface area contributed by atoms with E-state index in [1.165, 1.54) is 0 Å². The summed E-state index contributed by atoms with van der Waals surface area (Å²) in [6.07, 6.45) is 0. The van der Waals surface area contributed by atoms with E-state index in [-0.39, 0.29) is 5.41 Å². The minimum Gasteiger partial charge on any atom is -0.437 e. The standard InChI is InChI=1S/C14H16Cl2N4O/c1-14(2,3)13-18-11(20-17)7-12(19-13)21-10-5-4-8(15)6-9(10)16/h4-7H,17H2,1-3H3,(H,18,19,20). The number of nitrogens with one attached hydrogen (secondary N) is 1. The van der Waals surface area contributed by atoms with Gasteiger partial charge in [-0.3, -0.25) is 0 Å². The number of hydrogen-bond acceptors (Lipinski definition) is 5. The minimum atomic E-state index is -0.241. The van der Waals surface area contributed by atoms with Gasteiger partial charge in [0.1, 0.15) is 17.4 Å². The third kappa shape index (κ3) is 3.97. The molecule has 1 heterocycles. The van der Waals surface area contributed by atoms with Crippen LogP contribution in [-0.2, 0) is 5.41 Å². The first-order valence-electron chi connectivity index (χ1n) is 6.28. The normalized spacial score (nSPS) is 11.3. The van der Waals surface area contributed by atoms with E-state index in [2.05, 4.69) is 15.4 Å². The summed E-state index contributed by atoms with van der Waals surface area (Å²) in [4.78, 5) is 8.71. The molecule has 0 spiro atoms. The van der Waals surface area contributed by atoms with E-state index in [9.17, 15) is 0 Å². The molecule has 0 aliphatic rings. The summed E-state index contributed by atoms with van der Waals surface area (Å²) in [5.41, 5.74) is 2.26. The Morgan fingerprint density at radius 2 is 1.86 bits per heavy atom. The van der Waals surface area contributed by atoms with Gasteiger partial charge in [0.05, 0.1) is 5.02 Å². The van der Waals surface area contributed by atoms with Gasteiger partial charge in [-0.05, 0) is 18.2 Å². The van der Waals surface area contributed by atoms with E-state index >= 15 is 0 Å². The van der Waals surface area contributed by atoms with Gasteiger partial charge in [-0.15, -0.1) is 0 Å². The number of anilines is 1. The molecule has 0 saturated carbocycles. The lowest BCUT2D eigenvalue weighted by molar-refractivity contribution is 0.446. The fraction of sp³-hybridized carbons (Fsp3) is 0.286. The molecule has 5 nitrogen and oxygen atoms in total. The Bertz CT molecular complexity index is 656. The van der Waals surface area contributed by atoms with Crippen LogP contribution in [0.25, 0.3) is 0 Å². The molecule has 0 amide bonds. The van der Waals surface area contributed by atoms with Crippen molar-refractivity contribution in [1.29, 1.82) is 0 Å². The SMILES string of the molecule is CC(C)(C)c1nc(NN)cc(Oc2ccc(Cl)cc2Cl)n1. The molecule has 0 aliphatic heterocycles.